The minimum Gasteiger partial charge on any atom is -0.481 e. The van der Waals surface area contributed by atoms with Crippen molar-refractivity contribution >= 4 is 34.7 Å². The molecule has 24 heavy (non-hydrogen) atoms. The van der Waals surface area contributed by atoms with Crippen LogP contribution in [0.3, 0.4) is 0 Å². The second-order valence-corrected chi connectivity index (χ2v) is 7.53. The Bertz CT molecular complexity index is 727. The molecule has 0 aliphatic rings. The standard InChI is InChI=1S/C18H20ClNO3S/c1-11(2)6-13(18(22)23)8-16(21)9-15-10-24-17(20-15)12-4-3-5-14(19)7-12/h3-5,7,10-11,13H,6,8-9H2,1-2H3,(H,22,23)/t13-/m1/s1. The number of rotatable bonds is 8. The van der Waals surface area contributed by atoms with Crippen molar-refractivity contribution in [1.29, 1.82) is 0 Å². The number of halogens is 1. The monoisotopic (exact) mass is 365 g/mol. The van der Waals surface area contributed by atoms with Gasteiger partial charge in [0, 0.05) is 28.8 Å². The van der Waals surface area contributed by atoms with Crippen molar-refractivity contribution in [2.24, 2.45) is 11.8 Å². The number of carbonyl (C=O) groups is 2. The molecule has 0 aliphatic carbocycles. The van der Waals surface area contributed by atoms with E-state index in [4.69, 9.17) is 11.6 Å². The lowest BCUT2D eigenvalue weighted by Gasteiger charge is -2.13. The molecule has 0 radical (unpaired) electrons. The van der Waals surface area contributed by atoms with E-state index in [1.54, 1.807) is 6.07 Å². The van der Waals surface area contributed by atoms with Crippen molar-refractivity contribution in [3.05, 3.63) is 40.4 Å². The number of hydrogen-bond donors (Lipinski definition) is 1. The van der Waals surface area contributed by atoms with Gasteiger partial charge >= 0.3 is 5.97 Å². The minimum absolute atomic E-state index is 0.0531. The molecule has 0 saturated heterocycles. The number of hydrogen-bond acceptors (Lipinski definition) is 4. The van der Waals surface area contributed by atoms with E-state index >= 15 is 0 Å². The van der Waals surface area contributed by atoms with Crippen LogP contribution in [0.25, 0.3) is 10.6 Å². The van der Waals surface area contributed by atoms with Gasteiger partial charge < -0.3 is 5.11 Å². The van der Waals surface area contributed by atoms with Gasteiger partial charge in [-0.3, -0.25) is 9.59 Å². The molecule has 1 atom stereocenters. The summed E-state index contributed by atoms with van der Waals surface area (Å²) in [5, 5.41) is 12.5. The number of thiazole rings is 1. The fourth-order valence-corrected chi connectivity index (χ4v) is 3.54. The summed E-state index contributed by atoms with van der Waals surface area (Å²) in [6.45, 7) is 3.91. The highest BCUT2D eigenvalue weighted by Crippen LogP contribution is 2.26. The smallest absolute Gasteiger partial charge is 0.306 e. The maximum absolute atomic E-state index is 12.2. The number of carbonyl (C=O) groups excluding carboxylic acids is 1. The van der Waals surface area contributed by atoms with Crippen LogP contribution in [0.2, 0.25) is 5.02 Å². The summed E-state index contributed by atoms with van der Waals surface area (Å²) in [6, 6.07) is 7.39. The van der Waals surface area contributed by atoms with Gasteiger partial charge in [0.1, 0.15) is 10.8 Å². The number of ketones is 1. The molecule has 0 unspecified atom stereocenters. The first-order valence-corrected chi connectivity index (χ1v) is 9.05. The van der Waals surface area contributed by atoms with Crippen molar-refractivity contribution < 1.29 is 14.7 Å². The molecule has 0 amide bonds. The summed E-state index contributed by atoms with van der Waals surface area (Å²) >= 11 is 7.43. The molecule has 6 heteroatoms. The highest BCUT2D eigenvalue weighted by molar-refractivity contribution is 7.13. The molecule has 4 nitrogen and oxygen atoms in total. The third-order valence-corrected chi connectivity index (χ3v) is 4.76. The molecule has 2 rings (SSSR count). The average Bonchev–Trinajstić information content (AvgIpc) is 2.94. The van der Waals surface area contributed by atoms with Crippen molar-refractivity contribution in [1.82, 2.24) is 4.98 Å². The van der Waals surface area contributed by atoms with E-state index in [2.05, 4.69) is 4.98 Å². The molecule has 0 bridgehead atoms. The fourth-order valence-electron chi connectivity index (χ4n) is 2.53. The molecule has 0 spiro atoms. The number of aliphatic carboxylic acids is 1. The van der Waals surface area contributed by atoms with E-state index in [9.17, 15) is 14.7 Å². The van der Waals surface area contributed by atoms with Gasteiger partial charge in [0.2, 0.25) is 0 Å². The lowest BCUT2D eigenvalue weighted by atomic mass is 9.91. The first kappa shape index (κ1) is 18.6. The molecular formula is C18H20ClNO3S. The van der Waals surface area contributed by atoms with Crippen LogP contribution >= 0.6 is 22.9 Å². The van der Waals surface area contributed by atoms with E-state index in [0.717, 1.165) is 10.6 Å². The molecule has 1 N–H and O–H groups in total. The Morgan fingerprint density at radius 3 is 2.71 bits per heavy atom. The average molecular weight is 366 g/mol. The summed E-state index contributed by atoms with van der Waals surface area (Å²) in [5.74, 6) is -1.38. The quantitative estimate of drug-likeness (QED) is 0.735. The van der Waals surface area contributed by atoms with Crippen molar-refractivity contribution in [2.45, 2.75) is 33.1 Å². The van der Waals surface area contributed by atoms with E-state index in [1.807, 2.05) is 37.4 Å². The Hall–Kier alpha value is -1.72. The Morgan fingerprint density at radius 2 is 2.08 bits per heavy atom. The molecule has 0 fully saturated rings. The number of benzene rings is 1. The zero-order valence-electron chi connectivity index (χ0n) is 13.7. The topological polar surface area (TPSA) is 67.3 Å². The van der Waals surface area contributed by atoms with E-state index in [-0.39, 0.29) is 24.5 Å². The molecule has 1 heterocycles. The van der Waals surface area contributed by atoms with Gasteiger partial charge in [-0.2, -0.15) is 0 Å². The van der Waals surface area contributed by atoms with Crippen LogP contribution in [0.1, 0.15) is 32.4 Å². The van der Waals surface area contributed by atoms with E-state index in [1.165, 1.54) is 11.3 Å². The third-order valence-electron chi connectivity index (χ3n) is 3.58. The van der Waals surface area contributed by atoms with Crippen LogP contribution < -0.4 is 0 Å². The van der Waals surface area contributed by atoms with Crippen molar-refractivity contribution in [3.8, 4) is 10.6 Å². The molecule has 0 aliphatic heterocycles. The summed E-state index contributed by atoms with van der Waals surface area (Å²) in [7, 11) is 0. The Morgan fingerprint density at radius 1 is 1.33 bits per heavy atom. The van der Waals surface area contributed by atoms with Crippen LogP contribution in [-0.4, -0.2) is 21.8 Å². The number of aromatic nitrogens is 1. The highest BCUT2D eigenvalue weighted by atomic mass is 35.5. The first-order chi connectivity index (χ1) is 11.3. The summed E-state index contributed by atoms with van der Waals surface area (Å²) in [6.07, 6.45) is 0.725. The number of carboxylic acid groups (broad SMARTS) is 1. The van der Waals surface area contributed by atoms with Gasteiger partial charge in [-0.05, 0) is 24.5 Å². The molecule has 128 valence electrons. The van der Waals surface area contributed by atoms with Crippen LogP contribution in [0.4, 0.5) is 0 Å². The lowest BCUT2D eigenvalue weighted by Crippen LogP contribution is -2.20. The second-order valence-electron chi connectivity index (χ2n) is 6.24. The third kappa shape index (κ3) is 5.42. The van der Waals surface area contributed by atoms with Gasteiger partial charge in [-0.1, -0.05) is 37.6 Å². The predicted molar refractivity (Wildman–Crippen MR) is 96.5 cm³/mol. The van der Waals surface area contributed by atoms with E-state index in [0.29, 0.717) is 17.1 Å². The van der Waals surface area contributed by atoms with Crippen LogP contribution in [0, 0.1) is 11.8 Å². The lowest BCUT2D eigenvalue weighted by molar-refractivity contribution is -0.144. The fraction of sp³-hybridized carbons (Fsp3) is 0.389. The number of carboxylic acids is 1. The van der Waals surface area contributed by atoms with Crippen LogP contribution in [-0.2, 0) is 16.0 Å². The predicted octanol–water partition coefficient (Wildman–Crippen LogP) is 4.71. The first-order valence-electron chi connectivity index (χ1n) is 7.80. The largest absolute Gasteiger partial charge is 0.481 e. The van der Waals surface area contributed by atoms with Crippen LogP contribution in [0.5, 0.6) is 0 Å². The van der Waals surface area contributed by atoms with Crippen LogP contribution in [0.15, 0.2) is 29.6 Å². The highest BCUT2D eigenvalue weighted by Gasteiger charge is 2.22. The number of nitrogens with zero attached hydrogens (tertiary/aromatic N) is 1. The zero-order chi connectivity index (χ0) is 17.7. The zero-order valence-corrected chi connectivity index (χ0v) is 15.2. The molecule has 1 aromatic heterocycles. The Balaban J connectivity index is 2.01. The second kappa shape index (κ2) is 8.40. The van der Waals surface area contributed by atoms with Gasteiger partial charge in [-0.25, -0.2) is 4.98 Å². The number of Topliss-reactive ketones (excluding diaryl/α,β-unsaturated/α-hetero) is 1. The normalized spacial score (nSPS) is 12.3. The van der Waals surface area contributed by atoms with E-state index < -0.39 is 11.9 Å². The van der Waals surface area contributed by atoms with Gasteiger partial charge in [-0.15, -0.1) is 11.3 Å². The summed E-state index contributed by atoms with van der Waals surface area (Å²) in [4.78, 5) is 27.9. The van der Waals surface area contributed by atoms with Crippen molar-refractivity contribution in [2.75, 3.05) is 0 Å². The van der Waals surface area contributed by atoms with Crippen molar-refractivity contribution in [3.63, 3.8) is 0 Å². The van der Waals surface area contributed by atoms with Gasteiger partial charge in [0.25, 0.3) is 0 Å². The molecule has 2 aromatic rings. The summed E-state index contributed by atoms with van der Waals surface area (Å²) in [5.41, 5.74) is 1.59. The molecule has 1 aromatic carbocycles. The van der Waals surface area contributed by atoms with Gasteiger partial charge in [0.15, 0.2) is 0 Å². The maximum atomic E-state index is 12.2. The van der Waals surface area contributed by atoms with Gasteiger partial charge in [0.05, 0.1) is 11.6 Å². The molecule has 0 saturated carbocycles. The maximum Gasteiger partial charge on any atom is 0.306 e. The molecular weight excluding hydrogens is 346 g/mol. The minimum atomic E-state index is -0.907. The SMILES string of the molecule is CC(C)C[C@H](CC(=O)Cc1csc(-c2cccc(Cl)c2)n1)C(=O)O. The Labute approximate surface area is 150 Å². The summed E-state index contributed by atoms with van der Waals surface area (Å²) < 4.78 is 0. The Kier molecular flexibility index (Phi) is 6.52.